The van der Waals surface area contributed by atoms with Crippen LogP contribution >= 0.6 is 0 Å². The van der Waals surface area contributed by atoms with Crippen molar-refractivity contribution in [1.82, 2.24) is 0 Å². The highest BCUT2D eigenvalue weighted by Crippen LogP contribution is 2.37. The lowest BCUT2D eigenvalue weighted by atomic mass is 10.0. The molecule has 2 N–H and O–H groups in total. The fourth-order valence-corrected chi connectivity index (χ4v) is 1.90. The van der Waals surface area contributed by atoms with Crippen molar-refractivity contribution in [3.8, 4) is 5.75 Å². The van der Waals surface area contributed by atoms with Crippen LogP contribution in [0.2, 0.25) is 0 Å². The normalized spacial score (nSPS) is 9.50. The molecular formula is C16H21F4NO. The minimum absolute atomic E-state index is 0.0294. The van der Waals surface area contributed by atoms with Gasteiger partial charge >= 0.3 is 0 Å². The van der Waals surface area contributed by atoms with E-state index >= 15 is 0 Å². The summed E-state index contributed by atoms with van der Waals surface area (Å²) in [6.45, 7) is 8.17. The Bertz CT molecular complexity index is 630. The Morgan fingerprint density at radius 3 is 2.00 bits per heavy atom. The van der Waals surface area contributed by atoms with Gasteiger partial charge in [0.05, 0.1) is 0 Å². The number of benzene rings is 2. The third-order valence-electron chi connectivity index (χ3n) is 2.61. The van der Waals surface area contributed by atoms with Gasteiger partial charge in [-0.25, -0.2) is 13.2 Å². The summed E-state index contributed by atoms with van der Waals surface area (Å²) in [5.41, 5.74) is 6.07. The second kappa shape index (κ2) is 9.12. The molecule has 0 bridgehead atoms. The van der Waals surface area contributed by atoms with Gasteiger partial charge in [-0.3, -0.25) is 0 Å². The predicted octanol–water partition coefficient (Wildman–Crippen LogP) is 5.51. The Kier molecular flexibility index (Phi) is 8.30. The molecule has 0 aromatic heterocycles. The van der Waals surface area contributed by atoms with E-state index in [-0.39, 0.29) is 16.5 Å². The zero-order chi connectivity index (χ0) is 17.4. The zero-order valence-electron chi connectivity index (χ0n) is 13.4. The van der Waals surface area contributed by atoms with E-state index < -0.39 is 30.1 Å². The SMILES string of the molecule is CC.CC.Cc1cc(N)cc2c(F)c(F)c(F)c(OCF)c12. The van der Waals surface area contributed by atoms with Gasteiger partial charge in [0.25, 0.3) is 0 Å². The van der Waals surface area contributed by atoms with Crippen LogP contribution in [0.1, 0.15) is 33.3 Å². The summed E-state index contributed by atoms with van der Waals surface area (Å²) in [4.78, 5) is 0. The average Bonchev–Trinajstić information content (AvgIpc) is 2.53. The fraction of sp³-hybridized carbons (Fsp3) is 0.375. The van der Waals surface area contributed by atoms with Crippen LogP contribution in [-0.2, 0) is 0 Å². The first-order chi connectivity index (χ1) is 10.5. The van der Waals surface area contributed by atoms with Crippen molar-refractivity contribution in [2.75, 3.05) is 12.6 Å². The van der Waals surface area contributed by atoms with Crippen molar-refractivity contribution in [1.29, 1.82) is 0 Å². The van der Waals surface area contributed by atoms with Crippen LogP contribution < -0.4 is 10.5 Å². The average molecular weight is 319 g/mol. The van der Waals surface area contributed by atoms with Gasteiger partial charge in [-0.1, -0.05) is 27.7 Å². The van der Waals surface area contributed by atoms with Gasteiger partial charge in [-0.05, 0) is 24.6 Å². The maximum atomic E-state index is 13.6. The Balaban J connectivity index is 0.00000102. The highest BCUT2D eigenvalue weighted by Gasteiger charge is 2.22. The van der Waals surface area contributed by atoms with E-state index in [1.54, 1.807) is 0 Å². The predicted molar refractivity (Wildman–Crippen MR) is 82.3 cm³/mol. The molecule has 6 heteroatoms. The lowest BCUT2D eigenvalue weighted by Crippen LogP contribution is -2.02. The summed E-state index contributed by atoms with van der Waals surface area (Å²) >= 11 is 0. The van der Waals surface area contributed by atoms with Gasteiger partial charge in [0.15, 0.2) is 17.4 Å². The van der Waals surface area contributed by atoms with Gasteiger partial charge in [0.2, 0.25) is 12.7 Å². The van der Waals surface area contributed by atoms with E-state index in [1.165, 1.54) is 13.0 Å². The summed E-state index contributed by atoms with van der Waals surface area (Å²) in [5.74, 6) is -5.28. The molecule has 22 heavy (non-hydrogen) atoms. The van der Waals surface area contributed by atoms with Gasteiger partial charge in [0, 0.05) is 16.5 Å². The number of ether oxygens (including phenoxy) is 1. The van der Waals surface area contributed by atoms with Gasteiger partial charge in [-0.15, -0.1) is 0 Å². The van der Waals surface area contributed by atoms with Crippen LogP contribution in [0.4, 0.5) is 23.2 Å². The van der Waals surface area contributed by atoms with Crippen molar-refractivity contribution in [2.45, 2.75) is 34.6 Å². The van der Waals surface area contributed by atoms with E-state index in [0.29, 0.717) is 5.56 Å². The molecule has 0 heterocycles. The maximum absolute atomic E-state index is 13.6. The van der Waals surface area contributed by atoms with Crippen LogP contribution in [-0.4, -0.2) is 6.86 Å². The lowest BCUT2D eigenvalue weighted by Gasteiger charge is -2.12. The van der Waals surface area contributed by atoms with Crippen LogP contribution in [0.3, 0.4) is 0 Å². The molecule has 2 nitrogen and oxygen atoms in total. The molecule has 0 fully saturated rings. The number of halogens is 4. The van der Waals surface area contributed by atoms with Crippen LogP contribution in [0, 0.1) is 24.4 Å². The number of fused-ring (bicyclic) bond motifs is 1. The van der Waals surface area contributed by atoms with Crippen LogP contribution in [0.5, 0.6) is 5.75 Å². The van der Waals surface area contributed by atoms with Crippen molar-refractivity contribution in [3.05, 3.63) is 35.1 Å². The lowest BCUT2D eigenvalue weighted by molar-refractivity contribution is 0.184. The third-order valence-corrected chi connectivity index (χ3v) is 2.61. The monoisotopic (exact) mass is 319 g/mol. The first-order valence-electron chi connectivity index (χ1n) is 7.02. The molecule has 2 aromatic rings. The molecule has 0 amide bonds. The highest BCUT2D eigenvalue weighted by molar-refractivity contribution is 5.94. The number of alkyl halides is 1. The Morgan fingerprint density at radius 2 is 1.50 bits per heavy atom. The summed E-state index contributed by atoms with van der Waals surface area (Å²) in [7, 11) is 0. The molecule has 0 unspecified atom stereocenters. The van der Waals surface area contributed by atoms with Crippen molar-refractivity contribution < 1.29 is 22.3 Å². The molecule has 0 radical (unpaired) electrons. The summed E-state index contributed by atoms with van der Waals surface area (Å²) in [5, 5.41) is -0.270. The van der Waals surface area contributed by atoms with Crippen LogP contribution in [0.15, 0.2) is 12.1 Å². The number of nitrogen functional groups attached to an aromatic ring is 1. The first-order valence-corrected chi connectivity index (χ1v) is 7.02. The molecule has 0 saturated carbocycles. The topological polar surface area (TPSA) is 35.2 Å². The van der Waals surface area contributed by atoms with E-state index in [0.717, 1.165) is 6.07 Å². The number of rotatable bonds is 2. The number of anilines is 1. The number of hydrogen-bond acceptors (Lipinski definition) is 2. The van der Waals surface area contributed by atoms with Crippen molar-refractivity contribution in [2.24, 2.45) is 0 Å². The van der Waals surface area contributed by atoms with Crippen LogP contribution in [0.25, 0.3) is 10.8 Å². The Hall–Kier alpha value is -1.98. The molecule has 124 valence electrons. The van der Waals surface area contributed by atoms with Crippen molar-refractivity contribution in [3.63, 3.8) is 0 Å². The van der Waals surface area contributed by atoms with Gasteiger partial charge < -0.3 is 10.5 Å². The standard InChI is InChI=1S/C12H9F4NO.2C2H6/c1-5-2-6(17)3-7-8(5)12(18-4-13)11(16)10(15)9(7)14;2*1-2/h2-3H,4,17H2,1H3;2*1-2H3. The highest BCUT2D eigenvalue weighted by atomic mass is 19.2. The maximum Gasteiger partial charge on any atom is 0.228 e. The van der Waals surface area contributed by atoms with E-state index in [4.69, 9.17) is 5.73 Å². The zero-order valence-corrected chi connectivity index (χ0v) is 13.4. The number of nitrogens with two attached hydrogens (primary N) is 1. The van der Waals surface area contributed by atoms with Gasteiger partial charge in [-0.2, -0.15) is 4.39 Å². The van der Waals surface area contributed by atoms with E-state index in [2.05, 4.69) is 4.74 Å². The molecule has 0 atom stereocenters. The molecule has 2 rings (SSSR count). The second-order valence-corrected chi connectivity index (χ2v) is 3.78. The molecule has 0 spiro atoms. The molecule has 0 aliphatic carbocycles. The first kappa shape index (κ1) is 20.0. The minimum atomic E-state index is -1.71. The second-order valence-electron chi connectivity index (χ2n) is 3.78. The fourth-order valence-electron chi connectivity index (χ4n) is 1.90. The van der Waals surface area contributed by atoms with E-state index in [9.17, 15) is 17.6 Å². The summed E-state index contributed by atoms with van der Waals surface area (Å²) in [6.07, 6.45) is 0. The molecule has 2 aromatic carbocycles. The molecule has 0 saturated heterocycles. The molecule has 0 aliphatic rings. The number of aryl methyl sites for hydroxylation is 1. The summed E-state index contributed by atoms with van der Waals surface area (Å²) < 4.78 is 57.1. The van der Waals surface area contributed by atoms with Gasteiger partial charge in [0.1, 0.15) is 0 Å². The summed E-state index contributed by atoms with van der Waals surface area (Å²) in [6, 6.07) is 2.58. The van der Waals surface area contributed by atoms with E-state index in [1.807, 2.05) is 27.7 Å². The minimum Gasteiger partial charge on any atom is -0.459 e. The third kappa shape index (κ3) is 3.81. The quantitative estimate of drug-likeness (QED) is 0.450. The molecule has 0 aliphatic heterocycles. The molecular weight excluding hydrogens is 298 g/mol. The Labute approximate surface area is 127 Å². The Morgan fingerprint density at radius 1 is 0.955 bits per heavy atom. The smallest absolute Gasteiger partial charge is 0.228 e. The largest absolute Gasteiger partial charge is 0.459 e. The number of hydrogen-bond donors (Lipinski definition) is 1. The van der Waals surface area contributed by atoms with Crippen molar-refractivity contribution >= 4 is 16.5 Å².